The zero-order chi connectivity index (χ0) is 11.5. The highest BCUT2D eigenvalue weighted by Crippen LogP contribution is 2.16. The predicted molar refractivity (Wildman–Crippen MR) is 67.6 cm³/mol. The second-order valence-corrected chi connectivity index (χ2v) is 11.0. The van der Waals surface area contributed by atoms with Crippen molar-refractivity contribution in [2.45, 2.75) is 45.5 Å². The molecular formula is C13H21FSi. The minimum atomic E-state index is -1.00. The van der Waals surface area contributed by atoms with Crippen LogP contribution in [0.1, 0.15) is 18.1 Å². The van der Waals surface area contributed by atoms with Gasteiger partial charge in [-0.2, -0.15) is 0 Å². The molecule has 0 aliphatic rings. The molecule has 0 aliphatic heterocycles. The molecule has 0 atom stereocenters. The van der Waals surface area contributed by atoms with Crippen LogP contribution < -0.4 is 0 Å². The molecule has 0 aliphatic carbocycles. The van der Waals surface area contributed by atoms with Gasteiger partial charge in [0.1, 0.15) is 5.82 Å². The Morgan fingerprint density at radius 3 is 2.33 bits per heavy atom. The summed E-state index contributed by atoms with van der Waals surface area (Å²) in [7, 11) is -1.00. The number of halogens is 1. The van der Waals surface area contributed by atoms with Gasteiger partial charge >= 0.3 is 0 Å². The number of benzene rings is 1. The Hall–Kier alpha value is -0.633. The summed E-state index contributed by atoms with van der Waals surface area (Å²) in [6.07, 6.45) is 1.80. The van der Waals surface area contributed by atoms with Crippen molar-refractivity contribution in [2.75, 3.05) is 0 Å². The van der Waals surface area contributed by atoms with Crippen molar-refractivity contribution in [2.24, 2.45) is 0 Å². The Labute approximate surface area is 93.5 Å². The van der Waals surface area contributed by atoms with E-state index in [4.69, 9.17) is 0 Å². The van der Waals surface area contributed by atoms with E-state index in [0.717, 1.165) is 24.0 Å². The van der Waals surface area contributed by atoms with Crippen LogP contribution in [0.25, 0.3) is 0 Å². The van der Waals surface area contributed by atoms with Gasteiger partial charge < -0.3 is 0 Å². The number of rotatable bonds is 4. The van der Waals surface area contributed by atoms with Crippen molar-refractivity contribution < 1.29 is 4.39 Å². The summed E-state index contributed by atoms with van der Waals surface area (Å²) in [5.41, 5.74) is 1.97. The fourth-order valence-corrected chi connectivity index (χ4v) is 2.59. The van der Waals surface area contributed by atoms with E-state index in [0.29, 0.717) is 0 Å². The molecule has 1 rings (SSSR count). The topological polar surface area (TPSA) is 0 Å². The highest BCUT2D eigenvalue weighted by atomic mass is 28.3. The lowest BCUT2D eigenvalue weighted by Gasteiger charge is -2.15. The average Bonchev–Trinajstić information content (AvgIpc) is 2.14. The van der Waals surface area contributed by atoms with Gasteiger partial charge in [0, 0.05) is 8.07 Å². The van der Waals surface area contributed by atoms with Gasteiger partial charge in [-0.05, 0) is 30.0 Å². The molecule has 0 heterocycles. The maximum Gasteiger partial charge on any atom is 0.126 e. The van der Waals surface area contributed by atoms with Crippen LogP contribution in [0.4, 0.5) is 4.39 Å². The van der Waals surface area contributed by atoms with Crippen LogP contribution in [-0.4, -0.2) is 8.07 Å². The Bertz CT molecular complexity index is 326. The summed E-state index contributed by atoms with van der Waals surface area (Å²) in [4.78, 5) is 0. The smallest absolute Gasteiger partial charge is 0.126 e. The molecule has 0 unspecified atom stereocenters. The van der Waals surface area contributed by atoms with E-state index < -0.39 is 8.07 Å². The molecule has 84 valence electrons. The molecule has 1 aromatic carbocycles. The van der Waals surface area contributed by atoms with E-state index in [2.05, 4.69) is 25.7 Å². The predicted octanol–water partition coefficient (Wildman–Crippen LogP) is 4.27. The van der Waals surface area contributed by atoms with Gasteiger partial charge in [-0.25, -0.2) is 4.39 Å². The normalized spacial score (nSPS) is 11.8. The fraction of sp³-hybridized carbons (Fsp3) is 0.538. The average molecular weight is 224 g/mol. The van der Waals surface area contributed by atoms with Crippen molar-refractivity contribution >= 4 is 8.07 Å². The first-order chi connectivity index (χ1) is 6.92. The third kappa shape index (κ3) is 4.16. The maximum atomic E-state index is 13.5. The van der Waals surface area contributed by atoms with E-state index in [9.17, 15) is 4.39 Å². The molecule has 0 aromatic heterocycles. The van der Waals surface area contributed by atoms with E-state index in [-0.39, 0.29) is 5.82 Å². The summed E-state index contributed by atoms with van der Waals surface area (Å²) in [5.74, 6) is -0.0365. The van der Waals surface area contributed by atoms with E-state index in [1.807, 2.05) is 13.0 Å². The Balaban J connectivity index is 2.68. The van der Waals surface area contributed by atoms with Gasteiger partial charge in [0.05, 0.1) is 0 Å². The first-order valence-electron chi connectivity index (χ1n) is 5.69. The largest absolute Gasteiger partial charge is 0.207 e. The minimum absolute atomic E-state index is 0.0365. The fourth-order valence-electron chi connectivity index (χ4n) is 1.55. The van der Waals surface area contributed by atoms with Crippen LogP contribution in [0.5, 0.6) is 0 Å². The first-order valence-corrected chi connectivity index (χ1v) is 9.40. The summed E-state index contributed by atoms with van der Waals surface area (Å²) in [6.45, 7) is 9.04. The Morgan fingerprint density at radius 1 is 1.20 bits per heavy atom. The van der Waals surface area contributed by atoms with E-state index >= 15 is 0 Å². The molecule has 1 aromatic rings. The van der Waals surface area contributed by atoms with Crippen LogP contribution in [0.2, 0.25) is 25.7 Å². The van der Waals surface area contributed by atoms with Crippen molar-refractivity contribution in [3.05, 3.63) is 35.1 Å². The Morgan fingerprint density at radius 2 is 1.87 bits per heavy atom. The van der Waals surface area contributed by atoms with Gasteiger partial charge in [0.2, 0.25) is 0 Å². The standard InChI is InChI=1S/C13H21FSi/c1-5-12-7-6-11(10-13(12)14)8-9-15(2,3)4/h6-7,10H,5,8-9H2,1-4H3. The zero-order valence-electron chi connectivity index (χ0n) is 10.2. The van der Waals surface area contributed by atoms with Gasteiger partial charge in [0.25, 0.3) is 0 Å². The third-order valence-corrected chi connectivity index (χ3v) is 4.41. The summed E-state index contributed by atoms with van der Waals surface area (Å²) in [5, 5.41) is 0. The van der Waals surface area contributed by atoms with Crippen molar-refractivity contribution in [1.82, 2.24) is 0 Å². The molecule has 0 nitrogen and oxygen atoms in total. The molecule has 0 spiro atoms. The molecule has 0 N–H and O–H groups in total. The number of aryl methyl sites for hydroxylation is 2. The van der Waals surface area contributed by atoms with Crippen LogP contribution in [0, 0.1) is 5.82 Å². The molecule has 2 heteroatoms. The molecule has 0 fully saturated rings. The number of hydrogen-bond acceptors (Lipinski definition) is 0. The second-order valence-electron chi connectivity index (χ2n) is 5.34. The molecule has 0 saturated carbocycles. The van der Waals surface area contributed by atoms with Gasteiger partial charge in [0.15, 0.2) is 0 Å². The first kappa shape index (κ1) is 12.4. The lowest BCUT2D eigenvalue weighted by molar-refractivity contribution is 0.610. The van der Waals surface area contributed by atoms with Crippen LogP contribution in [-0.2, 0) is 12.8 Å². The monoisotopic (exact) mass is 224 g/mol. The second kappa shape index (κ2) is 4.93. The molecule has 15 heavy (non-hydrogen) atoms. The quantitative estimate of drug-likeness (QED) is 0.670. The molecule has 0 saturated heterocycles. The molecular weight excluding hydrogens is 203 g/mol. The highest BCUT2D eigenvalue weighted by molar-refractivity contribution is 6.76. The van der Waals surface area contributed by atoms with Gasteiger partial charge in [-0.15, -0.1) is 0 Å². The lowest BCUT2D eigenvalue weighted by Crippen LogP contribution is -2.19. The third-order valence-electron chi connectivity index (χ3n) is 2.66. The SMILES string of the molecule is CCc1ccc(CC[Si](C)(C)C)cc1F. The maximum absolute atomic E-state index is 13.5. The summed E-state index contributed by atoms with van der Waals surface area (Å²) in [6, 6.07) is 6.94. The lowest BCUT2D eigenvalue weighted by atomic mass is 10.1. The Kier molecular flexibility index (Phi) is 4.09. The highest BCUT2D eigenvalue weighted by Gasteiger charge is 2.12. The summed E-state index contributed by atoms with van der Waals surface area (Å²) < 4.78 is 13.5. The van der Waals surface area contributed by atoms with Gasteiger partial charge in [-0.3, -0.25) is 0 Å². The van der Waals surface area contributed by atoms with Crippen molar-refractivity contribution in [3.63, 3.8) is 0 Å². The molecule has 0 amide bonds. The number of hydrogen-bond donors (Lipinski definition) is 0. The van der Waals surface area contributed by atoms with Crippen molar-refractivity contribution in [3.8, 4) is 0 Å². The van der Waals surface area contributed by atoms with Gasteiger partial charge in [-0.1, -0.05) is 44.7 Å². The zero-order valence-corrected chi connectivity index (χ0v) is 11.2. The molecule has 0 radical (unpaired) electrons. The van der Waals surface area contributed by atoms with E-state index in [1.54, 1.807) is 6.07 Å². The molecule has 0 bridgehead atoms. The summed E-state index contributed by atoms with van der Waals surface area (Å²) >= 11 is 0. The van der Waals surface area contributed by atoms with Crippen LogP contribution in [0.3, 0.4) is 0 Å². The van der Waals surface area contributed by atoms with Crippen LogP contribution in [0.15, 0.2) is 18.2 Å². The van der Waals surface area contributed by atoms with E-state index in [1.165, 1.54) is 6.04 Å². The minimum Gasteiger partial charge on any atom is -0.207 e. The van der Waals surface area contributed by atoms with Crippen molar-refractivity contribution in [1.29, 1.82) is 0 Å². The van der Waals surface area contributed by atoms with Crippen LogP contribution >= 0.6 is 0 Å².